The second-order valence-corrected chi connectivity index (χ2v) is 11.1. The average molecular weight is 586 g/mol. The van der Waals surface area contributed by atoms with Gasteiger partial charge in [0.05, 0.1) is 22.9 Å². The third-order valence-electron chi connectivity index (χ3n) is 5.91. The molecule has 0 saturated carbocycles. The lowest BCUT2D eigenvalue weighted by Crippen LogP contribution is -2.10. The van der Waals surface area contributed by atoms with Crippen molar-refractivity contribution < 1.29 is 31.8 Å². The molecule has 13 nitrogen and oxygen atoms in total. The molecule has 0 saturated heterocycles. The third-order valence-corrected chi connectivity index (χ3v) is 7.53. The van der Waals surface area contributed by atoms with Crippen molar-refractivity contribution in [2.45, 2.75) is 56.6 Å². The van der Waals surface area contributed by atoms with Crippen molar-refractivity contribution in [3.63, 3.8) is 0 Å². The Morgan fingerprint density at radius 1 is 1.20 bits per heavy atom. The van der Waals surface area contributed by atoms with Crippen molar-refractivity contribution >= 4 is 27.1 Å². The summed E-state index contributed by atoms with van der Waals surface area (Å²) in [6.07, 6.45) is 4.40. The number of rotatable bonds is 11. The predicted octanol–water partition coefficient (Wildman–Crippen LogP) is 4.13. The van der Waals surface area contributed by atoms with Gasteiger partial charge < -0.3 is 24.3 Å². The number of anilines is 2. The van der Waals surface area contributed by atoms with Gasteiger partial charge in [0.15, 0.2) is 5.75 Å². The van der Waals surface area contributed by atoms with E-state index >= 15 is 4.39 Å². The number of hydrogen-bond donors (Lipinski definition) is 2. The number of sulfone groups is 1. The Labute approximate surface area is 234 Å². The largest absolute Gasteiger partial charge is 0.485 e. The minimum Gasteiger partial charge on any atom is -0.485 e. The fraction of sp³-hybridized carbons (Fsp3) is 0.308. The maximum absolute atomic E-state index is 15.1. The molecule has 0 spiro atoms. The summed E-state index contributed by atoms with van der Waals surface area (Å²) in [5.74, 6) is -0.389. The van der Waals surface area contributed by atoms with Gasteiger partial charge in [0.25, 0.3) is 0 Å². The quantitative estimate of drug-likeness (QED) is 0.229. The molecule has 15 heteroatoms. The summed E-state index contributed by atoms with van der Waals surface area (Å²) in [7, 11) is -4.14. The number of nitrogens with zero attached hydrogens (tertiary/aromatic N) is 6. The van der Waals surface area contributed by atoms with Crippen LogP contribution in [0.4, 0.5) is 16.0 Å². The minimum absolute atomic E-state index is 0.0337. The van der Waals surface area contributed by atoms with Gasteiger partial charge in [-0.1, -0.05) is 0 Å². The second-order valence-electron chi connectivity index (χ2n) is 9.21. The van der Waals surface area contributed by atoms with Crippen LogP contribution in [0.5, 0.6) is 5.75 Å². The number of aliphatic hydroxyl groups is 1. The summed E-state index contributed by atoms with van der Waals surface area (Å²) in [5.41, 5.74) is 1.44. The normalized spacial score (nSPS) is 12.8. The fourth-order valence-corrected chi connectivity index (χ4v) is 5.21. The van der Waals surface area contributed by atoms with Crippen LogP contribution in [-0.4, -0.2) is 55.6 Å². The molecule has 4 aromatic heterocycles. The Morgan fingerprint density at radius 2 is 2.00 bits per heavy atom. The molecule has 4 heterocycles. The van der Waals surface area contributed by atoms with Crippen LogP contribution in [0, 0.1) is 5.82 Å². The highest BCUT2D eigenvalue weighted by molar-refractivity contribution is 7.91. The maximum atomic E-state index is 15.1. The molecule has 0 aliphatic carbocycles. The van der Waals surface area contributed by atoms with Crippen molar-refractivity contribution in [1.82, 2.24) is 29.4 Å². The average Bonchev–Trinajstić information content (AvgIpc) is 3.69. The molecule has 0 bridgehead atoms. The molecule has 1 unspecified atom stereocenters. The molecule has 216 valence electrons. The van der Waals surface area contributed by atoms with Crippen LogP contribution in [0.2, 0.25) is 0 Å². The zero-order chi connectivity index (χ0) is 29.3. The number of benzene rings is 1. The Hall–Kier alpha value is -4.34. The molecule has 0 radical (unpaired) electrons. The first kappa shape index (κ1) is 28.2. The number of furan rings is 1. The van der Waals surface area contributed by atoms with Crippen molar-refractivity contribution in [3.05, 3.63) is 60.6 Å². The molecular formula is C26H28FN7O6S. The second kappa shape index (κ2) is 11.3. The van der Waals surface area contributed by atoms with Gasteiger partial charge in [-0.15, -0.1) is 5.10 Å². The van der Waals surface area contributed by atoms with Crippen LogP contribution in [0.1, 0.15) is 39.7 Å². The summed E-state index contributed by atoms with van der Waals surface area (Å²) in [6.45, 7) is 7.58. The van der Waals surface area contributed by atoms with Gasteiger partial charge in [-0.05, 0) is 58.0 Å². The van der Waals surface area contributed by atoms with Crippen LogP contribution in [-0.2, 0) is 21.2 Å². The number of aromatic nitrogens is 6. The van der Waals surface area contributed by atoms with E-state index in [0.717, 1.165) is 6.07 Å². The lowest BCUT2D eigenvalue weighted by atomic mass is 10.2. The first-order valence-electron chi connectivity index (χ1n) is 12.7. The Morgan fingerprint density at radius 3 is 2.68 bits per heavy atom. The van der Waals surface area contributed by atoms with Gasteiger partial charge in [-0.25, -0.2) is 22.5 Å². The highest BCUT2D eigenvalue weighted by Gasteiger charge is 2.24. The van der Waals surface area contributed by atoms with E-state index in [2.05, 4.69) is 25.5 Å². The Bertz CT molecular complexity index is 1800. The van der Waals surface area contributed by atoms with Crippen LogP contribution in [0.15, 0.2) is 63.5 Å². The maximum Gasteiger partial charge on any atom is 0.247 e. The molecular weight excluding hydrogens is 557 g/mol. The van der Waals surface area contributed by atoms with E-state index in [0.29, 0.717) is 29.3 Å². The Balaban J connectivity index is 1.46. The van der Waals surface area contributed by atoms with Crippen molar-refractivity contribution in [3.8, 4) is 17.0 Å². The van der Waals surface area contributed by atoms with E-state index in [1.165, 1.54) is 35.1 Å². The number of nitrogens with one attached hydrogen (secondary N) is 1. The first-order chi connectivity index (χ1) is 19.6. The van der Waals surface area contributed by atoms with Crippen LogP contribution >= 0.6 is 0 Å². The van der Waals surface area contributed by atoms with Crippen LogP contribution in [0.3, 0.4) is 0 Å². The van der Waals surface area contributed by atoms with Gasteiger partial charge in [0, 0.05) is 18.4 Å². The number of ether oxygens (including phenoxy) is 2. The summed E-state index contributed by atoms with van der Waals surface area (Å²) in [5, 5.41) is 20.2. The lowest BCUT2D eigenvalue weighted by molar-refractivity contribution is 0.0160. The monoisotopic (exact) mass is 585 g/mol. The highest BCUT2D eigenvalue weighted by Crippen LogP contribution is 2.33. The van der Waals surface area contributed by atoms with Crippen molar-refractivity contribution in [2.24, 2.45) is 0 Å². The summed E-state index contributed by atoms with van der Waals surface area (Å²) in [6, 6.07) is 5.88. The highest BCUT2D eigenvalue weighted by atomic mass is 32.2. The number of aliphatic hydroxyl groups excluding tert-OH is 1. The fourth-order valence-electron chi connectivity index (χ4n) is 4.00. The van der Waals surface area contributed by atoms with E-state index in [9.17, 15) is 8.42 Å². The zero-order valence-electron chi connectivity index (χ0n) is 22.6. The minimum atomic E-state index is -4.14. The summed E-state index contributed by atoms with van der Waals surface area (Å²) in [4.78, 5) is 8.68. The van der Waals surface area contributed by atoms with E-state index in [1.54, 1.807) is 17.1 Å². The third kappa shape index (κ3) is 5.64. The van der Waals surface area contributed by atoms with Gasteiger partial charge in [0.1, 0.15) is 36.4 Å². The van der Waals surface area contributed by atoms with Crippen molar-refractivity contribution in [2.75, 3.05) is 11.9 Å². The standard InChI is InChI=1S/C26H28FN7O6S/c1-5-38-16(4)33-12-17(11-29-33)23-24(39-15(2)3)25-31-26(32-34(25)14-28-23)30-21-8-7-19(10-20(21)27)41(36,37)22-9-6-18(13-35)40-22/h6-12,14-16,35H,5,13H2,1-4H3,(H,30,32). The van der Waals surface area contributed by atoms with E-state index in [1.807, 2.05) is 27.7 Å². The molecule has 41 heavy (non-hydrogen) atoms. The molecule has 0 fully saturated rings. The molecule has 0 aliphatic rings. The number of halogens is 1. The Kier molecular flexibility index (Phi) is 7.75. The summed E-state index contributed by atoms with van der Waals surface area (Å²) >= 11 is 0. The van der Waals surface area contributed by atoms with Crippen LogP contribution < -0.4 is 10.1 Å². The predicted molar refractivity (Wildman–Crippen MR) is 144 cm³/mol. The molecule has 1 aromatic carbocycles. The SMILES string of the molecule is CCOC(C)n1cc(-c2ncn3nc(Nc4ccc(S(=O)(=O)c5ccc(CO)o5)cc4F)nc3c2OC(C)C)cn1. The zero-order valence-corrected chi connectivity index (χ0v) is 23.5. The smallest absolute Gasteiger partial charge is 0.247 e. The molecule has 1 atom stereocenters. The first-order valence-corrected chi connectivity index (χ1v) is 14.2. The number of hydrogen-bond acceptors (Lipinski definition) is 11. The van der Waals surface area contributed by atoms with E-state index in [4.69, 9.17) is 19.0 Å². The van der Waals surface area contributed by atoms with Gasteiger partial charge in [-0.3, -0.25) is 0 Å². The van der Waals surface area contributed by atoms with Crippen molar-refractivity contribution in [1.29, 1.82) is 0 Å². The van der Waals surface area contributed by atoms with Gasteiger partial charge >= 0.3 is 0 Å². The lowest BCUT2D eigenvalue weighted by Gasteiger charge is -2.13. The van der Waals surface area contributed by atoms with Crippen LogP contribution in [0.25, 0.3) is 16.9 Å². The molecule has 0 amide bonds. The van der Waals surface area contributed by atoms with Gasteiger partial charge in [0.2, 0.25) is 26.5 Å². The molecule has 0 aliphatic heterocycles. The molecule has 2 N–H and O–H groups in total. The van der Waals surface area contributed by atoms with Gasteiger partial charge in [-0.2, -0.15) is 14.6 Å². The van der Waals surface area contributed by atoms with E-state index in [-0.39, 0.29) is 34.6 Å². The number of fused-ring (bicyclic) bond motifs is 1. The molecule has 5 aromatic rings. The van der Waals surface area contributed by atoms with E-state index < -0.39 is 27.4 Å². The molecule has 5 rings (SSSR count). The topological polar surface area (TPSA) is 159 Å². The summed E-state index contributed by atoms with van der Waals surface area (Å²) < 4.78 is 60.6.